The third-order valence-corrected chi connectivity index (χ3v) is 3.97. The van der Waals surface area contributed by atoms with E-state index in [4.69, 9.17) is 4.74 Å². The maximum absolute atomic E-state index is 5.76. The second-order valence-corrected chi connectivity index (χ2v) is 5.55. The van der Waals surface area contributed by atoms with Crippen LogP contribution in [-0.4, -0.2) is 19.2 Å². The number of para-hydroxylation sites is 1. The Labute approximate surface area is 117 Å². The molecule has 2 heteroatoms. The molecule has 1 aliphatic rings. The Morgan fingerprint density at radius 2 is 2.11 bits per heavy atom. The molecule has 0 aliphatic carbocycles. The molecule has 2 atom stereocenters. The summed E-state index contributed by atoms with van der Waals surface area (Å²) in [6.45, 7) is 6.52. The molecule has 0 fully saturated rings. The molecule has 2 rings (SSSR count). The average Bonchev–Trinajstić information content (AvgIpc) is 2.45. The fourth-order valence-corrected chi connectivity index (χ4v) is 3.00. The molecule has 0 amide bonds. The van der Waals surface area contributed by atoms with Crippen molar-refractivity contribution in [2.24, 2.45) is 0 Å². The molecule has 2 nitrogen and oxygen atoms in total. The Morgan fingerprint density at radius 3 is 2.89 bits per heavy atom. The lowest BCUT2D eigenvalue weighted by Gasteiger charge is -2.29. The van der Waals surface area contributed by atoms with Crippen LogP contribution in [0.2, 0.25) is 0 Å². The molecular weight excluding hydrogens is 234 g/mol. The predicted octanol–water partition coefficient (Wildman–Crippen LogP) is 4.11. The van der Waals surface area contributed by atoms with Gasteiger partial charge in [0, 0.05) is 6.04 Å². The van der Waals surface area contributed by atoms with Gasteiger partial charge >= 0.3 is 0 Å². The van der Waals surface area contributed by atoms with Gasteiger partial charge in [0.2, 0.25) is 0 Å². The minimum atomic E-state index is 0.654. The molecule has 0 aromatic heterocycles. The van der Waals surface area contributed by atoms with Gasteiger partial charge in [-0.05, 0) is 49.8 Å². The van der Waals surface area contributed by atoms with Crippen molar-refractivity contribution in [2.75, 3.05) is 13.2 Å². The van der Waals surface area contributed by atoms with E-state index >= 15 is 0 Å². The van der Waals surface area contributed by atoms with Gasteiger partial charge in [-0.15, -0.1) is 0 Å². The molecule has 1 aromatic carbocycles. The third kappa shape index (κ3) is 3.97. The zero-order chi connectivity index (χ0) is 13.5. The van der Waals surface area contributed by atoms with Crippen LogP contribution in [0.3, 0.4) is 0 Å². The number of nitrogens with one attached hydrogen (secondary N) is 1. The number of hydrogen-bond acceptors (Lipinski definition) is 2. The lowest BCUT2D eigenvalue weighted by molar-refractivity contribution is 0.253. The highest BCUT2D eigenvalue weighted by Gasteiger charge is 2.23. The van der Waals surface area contributed by atoms with E-state index in [-0.39, 0.29) is 0 Å². The van der Waals surface area contributed by atoms with Gasteiger partial charge in [0.15, 0.2) is 0 Å². The highest BCUT2D eigenvalue weighted by Crippen LogP contribution is 2.36. The van der Waals surface area contributed by atoms with Crippen LogP contribution in [0, 0.1) is 0 Å². The monoisotopic (exact) mass is 261 g/mol. The number of benzene rings is 1. The average molecular weight is 261 g/mol. The van der Waals surface area contributed by atoms with Crippen molar-refractivity contribution in [2.45, 2.75) is 57.9 Å². The minimum Gasteiger partial charge on any atom is -0.493 e. The number of fused-ring (bicyclic) bond motifs is 1. The Balaban J connectivity index is 2.01. The topological polar surface area (TPSA) is 21.3 Å². The van der Waals surface area contributed by atoms with Crippen molar-refractivity contribution < 1.29 is 4.74 Å². The molecule has 1 N–H and O–H groups in total. The van der Waals surface area contributed by atoms with Crippen molar-refractivity contribution in [3.05, 3.63) is 29.8 Å². The minimum absolute atomic E-state index is 0.654. The molecule has 0 radical (unpaired) electrons. The lowest BCUT2D eigenvalue weighted by atomic mass is 9.86. The summed E-state index contributed by atoms with van der Waals surface area (Å²) in [5.74, 6) is 1.76. The van der Waals surface area contributed by atoms with Crippen molar-refractivity contribution >= 4 is 0 Å². The van der Waals surface area contributed by atoms with E-state index in [0.29, 0.717) is 12.0 Å². The largest absolute Gasteiger partial charge is 0.493 e. The van der Waals surface area contributed by atoms with Crippen LogP contribution >= 0.6 is 0 Å². The lowest BCUT2D eigenvalue weighted by Crippen LogP contribution is -2.32. The number of rotatable bonds is 7. The van der Waals surface area contributed by atoms with Crippen LogP contribution in [0.15, 0.2) is 24.3 Å². The van der Waals surface area contributed by atoms with Crippen LogP contribution in [0.5, 0.6) is 5.75 Å². The fourth-order valence-electron chi connectivity index (χ4n) is 3.00. The first-order valence-electron chi connectivity index (χ1n) is 7.80. The number of ether oxygens (including phenoxy) is 1. The first kappa shape index (κ1) is 14.4. The smallest absolute Gasteiger partial charge is 0.122 e. The summed E-state index contributed by atoms with van der Waals surface area (Å²) in [4.78, 5) is 0. The second-order valence-electron chi connectivity index (χ2n) is 5.55. The summed E-state index contributed by atoms with van der Waals surface area (Å²) in [6, 6.07) is 9.20. The fraction of sp³-hybridized carbons (Fsp3) is 0.647. The quantitative estimate of drug-likeness (QED) is 0.797. The maximum atomic E-state index is 5.76. The third-order valence-electron chi connectivity index (χ3n) is 3.97. The molecule has 0 bridgehead atoms. The van der Waals surface area contributed by atoms with E-state index in [9.17, 15) is 0 Å². The first-order chi connectivity index (χ1) is 9.35. The predicted molar refractivity (Wildman–Crippen MR) is 80.9 cm³/mol. The van der Waals surface area contributed by atoms with Crippen LogP contribution in [0.4, 0.5) is 0 Å². The van der Waals surface area contributed by atoms with E-state index in [1.165, 1.54) is 31.2 Å². The summed E-state index contributed by atoms with van der Waals surface area (Å²) in [6.07, 6.45) is 6.15. The van der Waals surface area contributed by atoms with Gasteiger partial charge in [0.1, 0.15) is 5.75 Å². The van der Waals surface area contributed by atoms with Crippen LogP contribution in [0.25, 0.3) is 0 Å². The molecule has 19 heavy (non-hydrogen) atoms. The Morgan fingerprint density at radius 1 is 1.26 bits per heavy atom. The van der Waals surface area contributed by atoms with Crippen LogP contribution in [-0.2, 0) is 0 Å². The highest BCUT2D eigenvalue weighted by molar-refractivity contribution is 5.37. The summed E-state index contributed by atoms with van der Waals surface area (Å²) in [5, 5.41) is 3.71. The summed E-state index contributed by atoms with van der Waals surface area (Å²) < 4.78 is 5.76. The maximum Gasteiger partial charge on any atom is 0.122 e. The zero-order valence-electron chi connectivity index (χ0n) is 12.3. The molecule has 0 spiro atoms. The van der Waals surface area contributed by atoms with Crippen LogP contribution in [0.1, 0.15) is 57.4 Å². The van der Waals surface area contributed by atoms with Gasteiger partial charge in [-0.2, -0.15) is 0 Å². The molecule has 2 unspecified atom stereocenters. The van der Waals surface area contributed by atoms with Gasteiger partial charge in [-0.3, -0.25) is 0 Å². The molecule has 106 valence electrons. The molecule has 0 saturated carbocycles. The number of hydrogen-bond donors (Lipinski definition) is 1. The normalized spacial score (nSPS) is 19.6. The molecule has 1 aromatic rings. The highest BCUT2D eigenvalue weighted by atomic mass is 16.5. The van der Waals surface area contributed by atoms with Crippen molar-refractivity contribution in [1.82, 2.24) is 5.32 Å². The molecule has 0 saturated heterocycles. The summed E-state index contributed by atoms with van der Waals surface area (Å²) in [5.41, 5.74) is 1.41. The van der Waals surface area contributed by atoms with Gasteiger partial charge in [0.05, 0.1) is 6.61 Å². The van der Waals surface area contributed by atoms with E-state index in [2.05, 4.69) is 43.4 Å². The van der Waals surface area contributed by atoms with Gasteiger partial charge < -0.3 is 10.1 Å². The van der Waals surface area contributed by atoms with Crippen molar-refractivity contribution in [1.29, 1.82) is 0 Å². The van der Waals surface area contributed by atoms with E-state index in [1.807, 2.05) is 0 Å². The van der Waals surface area contributed by atoms with E-state index < -0.39 is 0 Å². The zero-order valence-corrected chi connectivity index (χ0v) is 12.3. The van der Waals surface area contributed by atoms with Crippen molar-refractivity contribution in [3.8, 4) is 5.75 Å². The Kier molecular flexibility index (Phi) is 5.71. The Hall–Kier alpha value is -1.02. The first-order valence-corrected chi connectivity index (χ1v) is 7.80. The van der Waals surface area contributed by atoms with Gasteiger partial charge in [-0.25, -0.2) is 0 Å². The SMILES string of the molecule is CCCNC(CCC)CC1CCOc2ccccc21. The van der Waals surface area contributed by atoms with Crippen molar-refractivity contribution in [3.63, 3.8) is 0 Å². The second kappa shape index (κ2) is 7.54. The van der Waals surface area contributed by atoms with Gasteiger partial charge in [0.25, 0.3) is 0 Å². The summed E-state index contributed by atoms with van der Waals surface area (Å²) in [7, 11) is 0. The summed E-state index contributed by atoms with van der Waals surface area (Å²) >= 11 is 0. The molecule has 1 heterocycles. The van der Waals surface area contributed by atoms with Crippen LogP contribution < -0.4 is 10.1 Å². The molecular formula is C17H27NO. The molecule has 1 aliphatic heterocycles. The Bertz CT molecular complexity index is 377. The standard InChI is InChI=1S/C17H27NO/c1-3-7-15(18-11-4-2)13-14-10-12-19-17-9-6-5-8-16(14)17/h5-6,8-9,14-15,18H,3-4,7,10-13H2,1-2H3. The van der Waals surface area contributed by atoms with Gasteiger partial charge in [-0.1, -0.05) is 38.5 Å². The van der Waals surface area contributed by atoms with E-state index in [0.717, 1.165) is 25.3 Å². The van der Waals surface area contributed by atoms with E-state index in [1.54, 1.807) is 0 Å².